The summed E-state index contributed by atoms with van der Waals surface area (Å²) in [5.74, 6) is 0.284. The van der Waals surface area contributed by atoms with Gasteiger partial charge in [0.2, 0.25) is 17.7 Å². The van der Waals surface area contributed by atoms with Crippen molar-refractivity contribution in [2.45, 2.75) is 51.9 Å². The fraction of sp³-hybridized carbons (Fsp3) is 0.368. The van der Waals surface area contributed by atoms with Gasteiger partial charge in [-0.3, -0.25) is 19.2 Å². The summed E-state index contributed by atoms with van der Waals surface area (Å²) in [6.07, 6.45) is 1.49. The minimum atomic E-state index is -0.629. The van der Waals surface area contributed by atoms with Crippen molar-refractivity contribution in [2.75, 3.05) is 40.0 Å². The number of benzene rings is 4. The van der Waals surface area contributed by atoms with Crippen LogP contribution >= 0.6 is 23.2 Å². The SMILES string of the molecule is CC(=O)Nc1ccc2c(OC(C)=O)cc3c(c2c1)C(CCl)CN3C(=O)C12CC(C(=O)N3CC(CCl)c4c3cc(C)c3ccccc43)(C1)C2. The lowest BCUT2D eigenvalue weighted by Crippen LogP contribution is -2.73. The lowest BCUT2D eigenvalue weighted by molar-refractivity contribution is -0.205. The molecule has 2 bridgehead atoms. The maximum atomic E-state index is 14.4. The van der Waals surface area contributed by atoms with Crippen LogP contribution in [0.2, 0.25) is 0 Å². The zero-order valence-corrected chi connectivity index (χ0v) is 28.5. The Morgan fingerprint density at radius 1 is 0.771 bits per heavy atom. The van der Waals surface area contributed by atoms with Crippen LogP contribution in [0.5, 0.6) is 5.75 Å². The Bertz CT molecular complexity index is 2090. The van der Waals surface area contributed by atoms with E-state index in [0.717, 1.165) is 33.2 Å². The van der Waals surface area contributed by atoms with Crippen molar-refractivity contribution < 1.29 is 23.9 Å². The molecule has 2 unspecified atom stereocenters. The summed E-state index contributed by atoms with van der Waals surface area (Å²) in [4.78, 5) is 56.4. The Balaban J connectivity index is 1.10. The first-order chi connectivity index (χ1) is 23.0. The fourth-order valence-electron chi connectivity index (χ4n) is 9.06. The van der Waals surface area contributed by atoms with E-state index in [2.05, 4.69) is 30.4 Å². The number of amides is 3. The van der Waals surface area contributed by atoms with E-state index in [9.17, 15) is 19.2 Å². The van der Waals surface area contributed by atoms with E-state index in [4.69, 9.17) is 27.9 Å². The second-order valence-electron chi connectivity index (χ2n) is 14.1. The van der Waals surface area contributed by atoms with E-state index in [0.29, 0.717) is 60.7 Å². The van der Waals surface area contributed by atoms with Gasteiger partial charge in [-0.25, -0.2) is 0 Å². The highest BCUT2D eigenvalue weighted by Gasteiger charge is 2.76. The molecule has 5 aliphatic rings. The van der Waals surface area contributed by atoms with Crippen LogP contribution in [0.25, 0.3) is 21.5 Å². The number of nitrogens with zero attached hydrogens (tertiary/aromatic N) is 2. The van der Waals surface area contributed by atoms with Crippen molar-refractivity contribution in [3.05, 3.63) is 71.3 Å². The smallest absolute Gasteiger partial charge is 0.308 e. The van der Waals surface area contributed by atoms with Gasteiger partial charge in [-0.05, 0) is 83.3 Å². The van der Waals surface area contributed by atoms with Gasteiger partial charge in [0, 0.05) is 73.4 Å². The molecular weight excluding hydrogens is 649 g/mol. The molecule has 9 rings (SSSR count). The van der Waals surface area contributed by atoms with Gasteiger partial charge in [-0.15, -0.1) is 23.2 Å². The third-order valence-electron chi connectivity index (χ3n) is 11.0. The molecular formula is C38H35Cl2N3O5. The molecule has 8 nitrogen and oxygen atoms in total. The number of rotatable bonds is 6. The fourth-order valence-corrected chi connectivity index (χ4v) is 9.56. The normalized spacial score (nSPS) is 24.9. The van der Waals surface area contributed by atoms with E-state index in [1.165, 1.54) is 19.2 Å². The van der Waals surface area contributed by atoms with Gasteiger partial charge < -0.3 is 19.9 Å². The lowest BCUT2D eigenvalue weighted by atomic mass is 9.34. The summed E-state index contributed by atoms with van der Waals surface area (Å²) in [5.41, 5.74) is 4.13. The molecule has 246 valence electrons. The van der Waals surface area contributed by atoms with E-state index in [1.807, 2.05) is 23.1 Å². The van der Waals surface area contributed by atoms with E-state index in [-0.39, 0.29) is 35.4 Å². The van der Waals surface area contributed by atoms with Gasteiger partial charge in [0.15, 0.2) is 0 Å². The quantitative estimate of drug-likeness (QED) is 0.130. The number of carbonyl (C=O) groups is 4. The van der Waals surface area contributed by atoms with Gasteiger partial charge in [-0.1, -0.05) is 24.3 Å². The Hall–Kier alpha value is -4.14. The number of hydrogen-bond donors (Lipinski definition) is 1. The second kappa shape index (κ2) is 10.9. The monoisotopic (exact) mass is 683 g/mol. The summed E-state index contributed by atoms with van der Waals surface area (Å²) in [5, 5.41) is 6.60. The van der Waals surface area contributed by atoms with Crippen LogP contribution in [0, 0.1) is 17.8 Å². The molecule has 48 heavy (non-hydrogen) atoms. The topological polar surface area (TPSA) is 96.0 Å². The Morgan fingerprint density at radius 2 is 1.33 bits per heavy atom. The highest BCUT2D eigenvalue weighted by molar-refractivity contribution is 6.20. The van der Waals surface area contributed by atoms with Gasteiger partial charge in [-0.2, -0.15) is 0 Å². The minimum Gasteiger partial charge on any atom is -0.426 e. The minimum absolute atomic E-state index is 0.0283. The Morgan fingerprint density at radius 3 is 1.90 bits per heavy atom. The van der Waals surface area contributed by atoms with Crippen molar-refractivity contribution in [2.24, 2.45) is 10.8 Å². The first-order valence-corrected chi connectivity index (χ1v) is 17.4. The number of halogens is 2. The zero-order valence-electron chi connectivity index (χ0n) is 27.0. The number of anilines is 3. The lowest BCUT2D eigenvalue weighted by Gasteiger charge is -2.69. The second-order valence-corrected chi connectivity index (χ2v) is 14.8. The van der Waals surface area contributed by atoms with Gasteiger partial charge in [0.05, 0.1) is 16.5 Å². The number of carbonyl (C=O) groups excluding carboxylic acids is 4. The van der Waals surface area contributed by atoms with Crippen LogP contribution < -0.4 is 19.9 Å². The van der Waals surface area contributed by atoms with E-state index >= 15 is 0 Å². The molecule has 0 aromatic heterocycles. The molecule has 2 atom stereocenters. The third-order valence-corrected chi connectivity index (χ3v) is 11.7. The largest absolute Gasteiger partial charge is 0.426 e. The molecule has 2 heterocycles. The Kier molecular flexibility index (Phi) is 7.10. The van der Waals surface area contributed by atoms with Crippen LogP contribution in [0.1, 0.15) is 61.6 Å². The van der Waals surface area contributed by atoms with Crippen LogP contribution in [0.4, 0.5) is 17.1 Å². The average Bonchev–Trinajstić information content (AvgIpc) is 3.57. The maximum absolute atomic E-state index is 14.4. The van der Waals surface area contributed by atoms with Crippen LogP contribution in [0.3, 0.4) is 0 Å². The summed E-state index contributed by atoms with van der Waals surface area (Å²) in [6, 6.07) is 17.6. The summed E-state index contributed by atoms with van der Waals surface area (Å²) >= 11 is 13.0. The van der Waals surface area contributed by atoms with Crippen molar-refractivity contribution in [1.29, 1.82) is 0 Å². The summed E-state index contributed by atoms with van der Waals surface area (Å²) in [7, 11) is 0. The molecule has 3 fully saturated rings. The molecule has 2 aliphatic heterocycles. The predicted octanol–water partition coefficient (Wildman–Crippen LogP) is 7.39. The summed E-state index contributed by atoms with van der Waals surface area (Å²) in [6.45, 7) is 5.77. The molecule has 10 heteroatoms. The molecule has 0 saturated heterocycles. The molecule has 3 aliphatic carbocycles. The molecule has 3 saturated carbocycles. The molecule has 0 spiro atoms. The average molecular weight is 685 g/mol. The standard InChI is InChI=1S/C38H35Cl2N3O5/c1-20-10-30-33(28-7-5-4-6-26(20)28)23(13-39)15-42(30)35(46)37-17-38(18-37,19-37)36(47)43-16-24(14-40)34-29-11-25(41-21(2)44)8-9-27(29)32(12-31(34)43)48-22(3)45/h4-12,23-24H,13-19H2,1-3H3,(H,41,44). The van der Waals surface area contributed by atoms with E-state index < -0.39 is 16.8 Å². The highest BCUT2D eigenvalue weighted by atomic mass is 35.5. The molecule has 0 radical (unpaired) electrons. The highest BCUT2D eigenvalue weighted by Crippen LogP contribution is 2.75. The van der Waals surface area contributed by atoms with Crippen molar-refractivity contribution >= 4 is 85.5 Å². The number of alkyl halides is 2. The number of fused-ring (bicyclic) bond motifs is 6. The molecule has 3 amide bonds. The van der Waals surface area contributed by atoms with Gasteiger partial charge in [0.1, 0.15) is 5.75 Å². The molecule has 4 aromatic carbocycles. The number of hydrogen-bond acceptors (Lipinski definition) is 5. The predicted molar refractivity (Wildman–Crippen MR) is 189 cm³/mol. The summed E-state index contributed by atoms with van der Waals surface area (Å²) < 4.78 is 5.64. The Labute approximate surface area is 288 Å². The van der Waals surface area contributed by atoms with Crippen molar-refractivity contribution in [3.8, 4) is 5.75 Å². The van der Waals surface area contributed by atoms with Gasteiger partial charge in [0.25, 0.3) is 0 Å². The van der Waals surface area contributed by atoms with Crippen LogP contribution in [-0.2, 0) is 19.2 Å². The number of nitrogens with one attached hydrogen (secondary N) is 1. The number of ether oxygens (including phenoxy) is 1. The van der Waals surface area contributed by atoms with E-state index in [1.54, 1.807) is 23.1 Å². The maximum Gasteiger partial charge on any atom is 0.308 e. The van der Waals surface area contributed by atoms with Crippen molar-refractivity contribution in [1.82, 2.24) is 0 Å². The van der Waals surface area contributed by atoms with Gasteiger partial charge >= 0.3 is 5.97 Å². The molecule has 4 aromatic rings. The van der Waals surface area contributed by atoms with Crippen LogP contribution in [-0.4, -0.2) is 48.5 Å². The first-order valence-electron chi connectivity index (χ1n) is 16.3. The van der Waals surface area contributed by atoms with Crippen molar-refractivity contribution in [3.63, 3.8) is 0 Å². The number of aryl methyl sites for hydroxylation is 1. The first kappa shape index (κ1) is 31.1. The molecule has 1 N–H and O–H groups in total. The zero-order chi connectivity index (χ0) is 33.7. The number of esters is 1. The third kappa shape index (κ3) is 4.41. The van der Waals surface area contributed by atoms with Crippen LogP contribution in [0.15, 0.2) is 54.6 Å².